The van der Waals surface area contributed by atoms with E-state index in [2.05, 4.69) is 0 Å². The van der Waals surface area contributed by atoms with Gasteiger partial charge in [-0.05, 0) is 17.7 Å². The fourth-order valence-electron chi connectivity index (χ4n) is 1.52. The van der Waals surface area contributed by atoms with Gasteiger partial charge in [-0.25, -0.2) is 4.79 Å². The summed E-state index contributed by atoms with van der Waals surface area (Å²) in [5.74, 6) is -0.448. The number of esters is 1. The Morgan fingerprint density at radius 1 is 1.06 bits per heavy atom. The van der Waals surface area contributed by atoms with Crippen molar-refractivity contribution in [1.82, 2.24) is 0 Å². The van der Waals surface area contributed by atoms with E-state index in [1.54, 1.807) is 24.5 Å². The highest BCUT2D eigenvalue weighted by atomic mass is 16.5. The lowest BCUT2D eigenvalue weighted by Crippen LogP contribution is -2.05. The molecule has 0 atom stereocenters. The van der Waals surface area contributed by atoms with E-state index in [4.69, 9.17) is 4.74 Å². The number of benzene rings is 2. The fourth-order valence-corrected chi connectivity index (χ4v) is 1.52. The van der Waals surface area contributed by atoms with E-state index < -0.39 is 5.97 Å². The third kappa shape index (κ3) is 3.04. The Morgan fingerprint density at radius 3 is 2.56 bits per heavy atom. The van der Waals surface area contributed by atoms with Crippen LogP contribution >= 0.6 is 0 Å². The SMILES string of the molecule is O=[C]c1cccc(C(=O)OCc2ccccc2)c1. The highest BCUT2D eigenvalue weighted by Gasteiger charge is 2.07. The van der Waals surface area contributed by atoms with E-state index in [0.717, 1.165) is 5.56 Å². The average molecular weight is 239 g/mol. The van der Waals surface area contributed by atoms with Gasteiger partial charge in [0.25, 0.3) is 0 Å². The summed E-state index contributed by atoms with van der Waals surface area (Å²) in [7, 11) is 0. The van der Waals surface area contributed by atoms with Crippen molar-refractivity contribution in [3.63, 3.8) is 0 Å². The average Bonchev–Trinajstić information content (AvgIpc) is 2.46. The zero-order valence-electron chi connectivity index (χ0n) is 9.63. The van der Waals surface area contributed by atoms with Crippen molar-refractivity contribution < 1.29 is 14.3 Å². The molecule has 89 valence electrons. The maximum Gasteiger partial charge on any atom is 0.338 e. The molecule has 0 N–H and O–H groups in total. The van der Waals surface area contributed by atoms with Gasteiger partial charge >= 0.3 is 5.97 Å². The van der Waals surface area contributed by atoms with Crippen LogP contribution in [0.25, 0.3) is 0 Å². The second-order valence-electron chi connectivity index (χ2n) is 3.74. The minimum absolute atomic E-state index is 0.217. The highest BCUT2D eigenvalue weighted by molar-refractivity contribution is 5.91. The molecule has 0 unspecified atom stereocenters. The largest absolute Gasteiger partial charge is 0.457 e. The van der Waals surface area contributed by atoms with Crippen molar-refractivity contribution in [2.45, 2.75) is 6.61 Å². The maximum atomic E-state index is 11.7. The molecule has 0 saturated heterocycles. The molecule has 0 bridgehead atoms. The molecule has 0 spiro atoms. The molecule has 0 aromatic heterocycles. The number of rotatable bonds is 4. The predicted octanol–water partition coefficient (Wildman–Crippen LogP) is 2.50. The molecule has 0 aliphatic carbocycles. The van der Waals surface area contributed by atoms with Crippen LogP contribution in [0.15, 0.2) is 54.6 Å². The molecule has 0 aliphatic heterocycles. The first kappa shape index (κ1) is 12.0. The van der Waals surface area contributed by atoms with E-state index >= 15 is 0 Å². The van der Waals surface area contributed by atoms with Gasteiger partial charge in [0.15, 0.2) is 0 Å². The third-order valence-electron chi connectivity index (χ3n) is 2.43. The van der Waals surface area contributed by atoms with E-state index in [1.165, 1.54) is 6.07 Å². The second kappa shape index (κ2) is 5.77. The molecule has 2 aromatic carbocycles. The van der Waals surface area contributed by atoms with Crippen LogP contribution in [0.5, 0.6) is 0 Å². The molecule has 0 heterocycles. The topological polar surface area (TPSA) is 43.4 Å². The normalized spacial score (nSPS) is 9.78. The number of ether oxygens (including phenoxy) is 1. The lowest BCUT2D eigenvalue weighted by Gasteiger charge is -2.05. The molecule has 3 nitrogen and oxygen atoms in total. The summed E-state index contributed by atoms with van der Waals surface area (Å²) in [5.41, 5.74) is 1.61. The lowest BCUT2D eigenvalue weighted by molar-refractivity contribution is 0.0472. The van der Waals surface area contributed by atoms with Gasteiger partial charge in [-0.15, -0.1) is 0 Å². The zero-order chi connectivity index (χ0) is 12.8. The Labute approximate surface area is 105 Å². The van der Waals surface area contributed by atoms with Gasteiger partial charge < -0.3 is 4.74 Å². The Balaban J connectivity index is 2.01. The van der Waals surface area contributed by atoms with Gasteiger partial charge in [0.1, 0.15) is 6.61 Å². The van der Waals surface area contributed by atoms with Crippen molar-refractivity contribution >= 4 is 12.3 Å². The molecule has 0 amide bonds. The predicted molar refractivity (Wildman–Crippen MR) is 66.8 cm³/mol. The minimum atomic E-state index is -0.448. The van der Waals surface area contributed by atoms with Crippen LogP contribution in [-0.4, -0.2) is 12.3 Å². The van der Waals surface area contributed by atoms with Gasteiger partial charge in [-0.3, -0.25) is 4.79 Å². The van der Waals surface area contributed by atoms with Gasteiger partial charge in [0, 0.05) is 5.56 Å². The molecular weight excluding hydrogens is 228 g/mol. The summed E-state index contributed by atoms with van der Waals surface area (Å²) in [6.07, 6.45) is 1.74. The van der Waals surface area contributed by atoms with E-state index in [9.17, 15) is 9.59 Å². The van der Waals surface area contributed by atoms with Crippen LogP contribution in [0.3, 0.4) is 0 Å². The summed E-state index contributed by atoms with van der Waals surface area (Å²) in [6.45, 7) is 0.217. The van der Waals surface area contributed by atoms with Gasteiger partial charge in [-0.2, -0.15) is 0 Å². The Kier molecular flexibility index (Phi) is 3.86. The Bertz CT molecular complexity index is 547. The maximum absolute atomic E-state index is 11.7. The lowest BCUT2D eigenvalue weighted by atomic mass is 10.1. The molecule has 0 aliphatic rings. The summed E-state index contributed by atoms with van der Waals surface area (Å²) < 4.78 is 5.14. The molecule has 0 fully saturated rings. The summed E-state index contributed by atoms with van der Waals surface area (Å²) in [4.78, 5) is 22.2. The molecule has 18 heavy (non-hydrogen) atoms. The van der Waals surface area contributed by atoms with Crippen molar-refractivity contribution in [2.75, 3.05) is 0 Å². The first-order valence-corrected chi connectivity index (χ1v) is 5.49. The van der Waals surface area contributed by atoms with Crippen LogP contribution in [0, 0.1) is 0 Å². The summed E-state index contributed by atoms with van der Waals surface area (Å²) in [6, 6.07) is 15.7. The molecular formula is C15H11O3. The van der Waals surface area contributed by atoms with Crippen LogP contribution in [-0.2, 0) is 16.1 Å². The van der Waals surface area contributed by atoms with Crippen LogP contribution < -0.4 is 0 Å². The third-order valence-corrected chi connectivity index (χ3v) is 2.43. The highest BCUT2D eigenvalue weighted by Crippen LogP contribution is 2.07. The molecule has 0 saturated carbocycles. The van der Waals surface area contributed by atoms with Gasteiger partial charge in [0.05, 0.1) is 5.56 Å². The van der Waals surface area contributed by atoms with Gasteiger partial charge in [0.2, 0.25) is 6.29 Å². The minimum Gasteiger partial charge on any atom is -0.457 e. The standard InChI is InChI=1S/C15H11O3/c16-10-13-7-4-8-14(9-13)15(17)18-11-12-5-2-1-3-6-12/h1-9H,11H2. The first-order valence-electron chi connectivity index (χ1n) is 5.49. The van der Waals surface area contributed by atoms with E-state index in [1.807, 2.05) is 30.3 Å². The molecule has 2 aromatic rings. The summed E-state index contributed by atoms with van der Waals surface area (Å²) >= 11 is 0. The zero-order valence-corrected chi connectivity index (χ0v) is 9.63. The van der Waals surface area contributed by atoms with Crippen molar-refractivity contribution in [2.24, 2.45) is 0 Å². The number of carbonyl (C=O) groups excluding carboxylic acids is 2. The van der Waals surface area contributed by atoms with E-state index in [-0.39, 0.29) is 6.61 Å². The van der Waals surface area contributed by atoms with Crippen LogP contribution in [0.4, 0.5) is 0 Å². The smallest absolute Gasteiger partial charge is 0.338 e. The quantitative estimate of drug-likeness (QED) is 0.770. The van der Waals surface area contributed by atoms with E-state index in [0.29, 0.717) is 11.1 Å². The fraction of sp³-hybridized carbons (Fsp3) is 0.0667. The Hall–Kier alpha value is -2.42. The summed E-state index contributed by atoms with van der Waals surface area (Å²) in [5, 5.41) is 0. The van der Waals surface area contributed by atoms with Gasteiger partial charge in [-0.1, -0.05) is 42.5 Å². The van der Waals surface area contributed by atoms with Crippen molar-refractivity contribution in [3.8, 4) is 0 Å². The second-order valence-corrected chi connectivity index (χ2v) is 3.74. The first-order chi connectivity index (χ1) is 8.79. The van der Waals surface area contributed by atoms with Crippen LogP contribution in [0.1, 0.15) is 21.5 Å². The van der Waals surface area contributed by atoms with Crippen LogP contribution in [0.2, 0.25) is 0 Å². The number of hydrogen-bond acceptors (Lipinski definition) is 3. The van der Waals surface area contributed by atoms with Crippen molar-refractivity contribution in [3.05, 3.63) is 71.3 Å². The molecule has 3 heteroatoms. The molecule has 1 radical (unpaired) electrons. The number of carbonyl (C=O) groups is 1. The number of hydrogen-bond donors (Lipinski definition) is 0. The monoisotopic (exact) mass is 239 g/mol. The van der Waals surface area contributed by atoms with Crippen molar-refractivity contribution in [1.29, 1.82) is 0 Å². The molecule has 2 rings (SSSR count). The Morgan fingerprint density at radius 2 is 1.83 bits per heavy atom.